The number of aryl methyl sites for hydroxylation is 1. The van der Waals surface area contributed by atoms with Gasteiger partial charge >= 0.3 is 0 Å². The standard InChI is InChI=1S/C20H23N3O3/c1-13-8-17(15-9-18-19(26-12-25-18)10-16(15)21-13)22-6-2-4-14(11-22)23-7-3-5-20(23)24/h8-10,14H,2-7,11-12H2,1H3/t14-/m1/s1. The number of piperidine rings is 1. The summed E-state index contributed by atoms with van der Waals surface area (Å²) in [5.74, 6) is 1.87. The molecule has 0 aliphatic carbocycles. The minimum atomic E-state index is 0.267. The van der Waals surface area contributed by atoms with Crippen LogP contribution in [0.3, 0.4) is 0 Å². The predicted molar refractivity (Wildman–Crippen MR) is 98.8 cm³/mol. The molecule has 136 valence electrons. The van der Waals surface area contributed by atoms with Crippen molar-refractivity contribution in [3.05, 3.63) is 23.9 Å². The van der Waals surface area contributed by atoms with E-state index in [1.54, 1.807) is 0 Å². The van der Waals surface area contributed by atoms with Gasteiger partial charge in [-0.25, -0.2) is 0 Å². The Labute approximate surface area is 152 Å². The number of aromatic nitrogens is 1. The lowest BCUT2D eigenvalue weighted by molar-refractivity contribution is -0.129. The van der Waals surface area contributed by atoms with Crippen LogP contribution in [0, 0.1) is 6.92 Å². The summed E-state index contributed by atoms with van der Waals surface area (Å²) in [7, 11) is 0. The smallest absolute Gasteiger partial charge is 0.231 e. The predicted octanol–water partition coefficient (Wildman–Crippen LogP) is 2.86. The Morgan fingerprint density at radius 3 is 2.77 bits per heavy atom. The van der Waals surface area contributed by atoms with Gasteiger partial charge in [0.2, 0.25) is 12.7 Å². The molecule has 1 aromatic heterocycles. The summed E-state index contributed by atoms with van der Waals surface area (Å²) in [4.78, 5) is 21.4. The van der Waals surface area contributed by atoms with Gasteiger partial charge in [-0.05, 0) is 38.3 Å². The average molecular weight is 353 g/mol. The number of fused-ring (bicyclic) bond motifs is 2. The molecule has 1 amide bonds. The molecular formula is C20H23N3O3. The Hall–Kier alpha value is -2.50. The van der Waals surface area contributed by atoms with Gasteiger partial charge in [0.1, 0.15) is 0 Å². The van der Waals surface area contributed by atoms with Gasteiger partial charge < -0.3 is 19.3 Å². The van der Waals surface area contributed by atoms with Crippen LogP contribution >= 0.6 is 0 Å². The molecule has 2 fully saturated rings. The van der Waals surface area contributed by atoms with E-state index in [4.69, 9.17) is 14.5 Å². The summed E-state index contributed by atoms with van der Waals surface area (Å²) < 4.78 is 11.1. The molecule has 5 rings (SSSR count). The first-order valence-electron chi connectivity index (χ1n) is 9.44. The number of rotatable bonds is 2. The lowest BCUT2D eigenvalue weighted by atomic mass is 10.0. The van der Waals surface area contributed by atoms with E-state index in [-0.39, 0.29) is 6.79 Å². The lowest BCUT2D eigenvalue weighted by Crippen LogP contribution is -2.48. The molecule has 0 unspecified atom stereocenters. The van der Waals surface area contributed by atoms with Gasteiger partial charge in [-0.2, -0.15) is 0 Å². The summed E-state index contributed by atoms with van der Waals surface area (Å²) in [5, 5.41) is 1.09. The summed E-state index contributed by atoms with van der Waals surface area (Å²) in [6.07, 6.45) is 3.89. The summed E-state index contributed by atoms with van der Waals surface area (Å²) in [6.45, 7) is 5.10. The normalized spacial score (nSPS) is 22.5. The van der Waals surface area contributed by atoms with Crippen LogP contribution in [0.25, 0.3) is 10.9 Å². The van der Waals surface area contributed by atoms with Crippen LogP contribution in [0.5, 0.6) is 11.5 Å². The minimum absolute atomic E-state index is 0.267. The molecule has 6 heteroatoms. The number of pyridine rings is 1. The molecule has 2 aromatic rings. The fraction of sp³-hybridized carbons (Fsp3) is 0.500. The van der Waals surface area contributed by atoms with Gasteiger partial charge in [-0.15, -0.1) is 0 Å². The Morgan fingerprint density at radius 1 is 1.12 bits per heavy atom. The van der Waals surface area contributed by atoms with Crippen molar-refractivity contribution in [1.29, 1.82) is 0 Å². The number of carbonyl (C=O) groups excluding carboxylic acids is 1. The van der Waals surface area contributed by atoms with Crippen LogP contribution in [-0.4, -0.2) is 48.3 Å². The Kier molecular flexibility index (Phi) is 3.65. The number of hydrogen-bond acceptors (Lipinski definition) is 5. The average Bonchev–Trinajstić information content (AvgIpc) is 3.27. The molecule has 0 spiro atoms. The summed E-state index contributed by atoms with van der Waals surface area (Å²) >= 11 is 0. The number of benzene rings is 1. The number of anilines is 1. The minimum Gasteiger partial charge on any atom is -0.454 e. The molecule has 6 nitrogen and oxygen atoms in total. The second kappa shape index (κ2) is 6.04. The van der Waals surface area contributed by atoms with E-state index < -0.39 is 0 Å². The Balaban J connectivity index is 1.52. The number of carbonyl (C=O) groups is 1. The first kappa shape index (κ1) is 15.7. The summed E-state index contributed by atoms with van der Waals surface area (Å²) in [6, 6.07) is 6.49. The molecular weight excluding hydrogens is 330 g/mol. The van der Waals surface area contributed by atoms with E-state index in [1.807, 2.05) is 19.1 Å². The highest BCUT2D eigenvalue weighted by atomic mass is 16.7. The van der Waals surface area contributed by atoms with Crippen LogP contribution in [-0.2, 0) is 4.79 Å². The molecule has 0 bridgehead atoms. The molecule has 1 aromatic carbocycles. The molecule has 0 N–H and O–H groups in total. The highest BCUT2D eigenvalue weighted by Gasteiger charge is 2.32. The van der Waals surface area contributed by atoms with Gasteiger partial charge in [-0.3, -0.25) is 9.78 Å². The lowest BCUT2D eigenvalue weighted by Gasteiger charge is -2.39. The van der Waals surface area contributed by atoms with E-state index >= 15 is 0 Å². The highest BCUT2D eigenvalue weighted by Crippen LogP contribution is 2.39. The Morgan fingerprint density at radius 2 is 1.96 bits per heavy atom. The number of ether oxygens (including phenoxy) is 2. The number of likely N-dealkylation sites (tertiary alicyclic amines) is 1. The third-order valence-electron chi connectivity index (χ3n) is 5.70. The maximum absolute atomic E-state index is 12.2. The van der Waals surface area contributed by atoms with Gasteiger partial charge in [0.25, 0.3) is 0 Å². The van der Waals surface area contributed by atoms with E-state index in [2.05, 4.69) is 15.9 Å². The van der Waals surface area contributed by atoms with Crippen molar-refractivity contribution in [1.82, 2.24) is 9.88 Å². The third-order valence-corrected chi connectivity index (χ3v) is 5.70. The van der Waals surface area contributed by atoms with Gasteiger partial charge in [0, 0.05) is 54.9 Å². The third kappa shape index (κ3) is 2.55. The maximum Gasteiger partial charge on any atom is 0.231 e. The zero-order valence-electron chi connectivity index (χ0n) is 15.0. The van der Waals surface area contributed by atoms with Crippen molar-refractivity contribution >= 4 is 22.5 Å². The van der Waals surface area contributed by atoms with Crippen molar-refractivity contribution < 1.29 is 14.3 Å². The molecule has 3 aliphatic rings. The van der Waals surface area contributed by atoms with Gasteiger partial charge in [-0.1, -0.05) is 0 Å². The van der Waals surface area contributed by atoms with Gasteiger partial charge in [0.05, 0.1) is 5.52 Å². The molecule has 0 radical (unpaired) electrons. The number of amides is 1. The highest BCUT2D eigenvalue weighted by molar-refractivity contribution is 5.94. The topological polar surface area (TPSA) is 54.9 Å². The van der Waals surface area contributed by atoms with Crippen LogP contribution in [0.4, 0.5) is 5.69 Å². The number of nitrogens with zero attached hydrogens (tertiary/aromatic N) is 3. The zero-order valence-corrected chi connectivity index (χ0v) is 15.0. The molecule has 1 atom stereocenters. The van der Waals surface area contributed by atoms with Crippen molar-refractivity contribution in [2.75, 3.05) is 31.3 Å². The molecule has 26 heavy (non-hydrogen) atoms. The van der Waals surface area contributed by atoms with E-state index in [0.717, 1.165) is 67.0 Å². The van der Waals surface area contributed by atoms with Crippen molar-refractivity contribution in [3.63, 3.8) is 0 Å². The SMILES string of the molecule is Cc1cc(N2CCC[C@@H](N3CCCC3=O)C2)c2cc3c(cc2n1)OCO3. The van der Waals surface area contributed by atoms with E-state index in [0.29, 0.717) is 18.4 Å². The van der Waals surface area contributed by atoms with Crippen LogP contribution in [0.15, 0.2) is 18.2 Å². The van der Waals surface area contributed by atoms with E-state index in [1.165, 1.54) is 5.69 Å². The fourth-order valence-electron chi connectivity index (χ4n) is 4.47. The molecule has 2 saturated heterocycles. The monoisotopic (exact) mass is 353 g/mol. The van der Waals surface area contributed by atoms with Crippen molar-refractivity contribution in [2.45, 2.75) is 38.6 Å². The van der Waals surface area contributed by atoms with Crippen molar-refractivity contribution in [2.24, 2.45) is 0 Å². The molecule has 4 heterocycles. The second-order valence-electron chi connectivity index (χ2n) is 7.44. The quantitative estimate of drug-likeness (QED) is 0.831. The first-order valence-corrected chi connectivity index (χ1v) is 9.44. The van der Waals surface area contributed by atoms with Crippen LogP contribution in [0.1, 0.15) is 31.4 Å². The fourth-order valence-corrected chi connectivity index (χ4v) is 4.47. The maximum atomic E-state index is 12.2. The number of hydrogen-bond donors (Lipinski definition) is 0. The Bertz CT molecular complexity index is 882. The summed E-state index contributed by atoms with van der Waals surface area (Å²) in [5.41, 5.74) is 3.11. The largest absolute Gasteiger partial charge is 0.454 e. The first-order chi connectivity index (χ1) is 12.7. The van der Waals surface area contributed by atoms with Crippen LogP contribution < -0.4 is 14.4 Å². The molecule has 0 saturated carbocycles. The van der Waals surface area contributed by atoms with Gasteiger partial charge in [0.15, 0.2) is 11.5 Å². The molecule has 3 aliphatic heterocycles. The van der Waals surface area contributed by atoms with E-state index in [9.17, 15) is 4.79 Å². The second-order valence-corrected chi connectivity index (χ2v) is 7.44. The zero-order chi connectivity index (χ0) is 17.7. The van der Waals surface area contributed by atoms with Crippen molar-refractivity contribution in [3.8, 4) is 11.5 Å². The van der Waals surface area contributed by atoms with Crippen LogP contribution in [0.2, 0.25) is 0 Å².